The quantitative estimate of drug-likeness (QED) is 0.672. The first-order chi connectivity index (χ1) is 7.33. The SMILES string of the molecule is CC(C)(C)OC(=O)N1CCC(N)=C(C#N)C1. The van der Waals surface area contributed by atoms with Gasteiger partial charge in [-0.1, -0.05) is 0 Å². The number of amides is 1. The van der Waals surface area contributed by atoms with Crippen LogP contribution in [0.1, 0.15) is 27.2 Å². The third kappa shape index (κ3) is 3.16. The average Bonchev–Trinajstić information content (AvgIpc) is 2.15. The highest BCUT2D eigenvalue weighted by molar-refractivity contribution is 5.69. The topological polar surface area (TPSA) is 79.3 Å². The van der Waals surface area contributed by atoms with Gasteiger partial charge in [-0.25, -0.2) is 4.79 Å². The molecule has 0 saturated heterocycles. The van der Waals surface area contributed by atoms with Gasteiger partial charge in [0, 0.05) is 18.7 Å². The Kier molecular flexibility index (Phi) is 3.43. The van der Waals surface area contributed by atoms with Crippen molar-refractivity contribution in [2.45, 2.75) is 32.8 Å². The molecule has 1 aliphatic rings. The molecule has 0 aromatic heterocycles. The smallest absolute Gasteiger partial charge is 0.410 e. The van der Waals surface area contributed by atoms with Crippen LogP contribution in [0.3, 0.4) is 0 Å². The summed E-state index contributed by atoms with van der Waals surface area (Å²) in [5.41, 5.74) is 6.17. The van der Waals surface area contributed by atoms with Crippen molar-refractivity contribution in [3.8, 4) is 6.07 Å². The Balaban J connectivity index is 2.66. The highest BCUT2D eigenvalue weighted by atomic mass is 16.6. The minimum atomic E-state index is -0.517. The molecule has 0 aromatic carbocycles. The molecule has 1 heterocycles. The van der Waals surface area contributed by atoms with Crippen molar-refractivity contribution in [2.24, 2.45) is 5.73 Å². The van der Waals surface area contributed by atoms with Crippen molar-refractivity contribution in [1.82, 2.24) is 4.90 Å². The molecule has 2 N–H and O–H groups in total. The van der Waals surface area contributed by atoms with E-state index in [9.17, 15) is 4.79 Å². The molecule has 0 saturated carbocycles. The van der Waals surface area contributed by atoms with Crippen molar-refractivity contribution in [2.75, 3.05) is 13.1 Å². The lowest BCUT2D eigenvalue weighted by Crippen LogP contribution is -2.41. The maximum Gasteiger partial charge on any atom is 0.410 e. The maximum absolute atomic E-state index is 11.7. The number of carbonyl (C=O) groups is 1. The number of ether oxygens (including phenoxy) is 1. The minimum absolute atomic E-state index is 0.247. The number of carbonyl (C=O) groups excluding carboxylic acids is 1. The van der Waals surface area contributed by atoms with Crippen LogP contribution in [-0.2, 0) is 4.74 Å². The Morgan fingerprint density at radius 3 is 2.69 bits per heavy atom. The zero-order valence-electron chi connectivity index (χ0n) is 9.91. The van der Waals surface area contributed by atoms with Gasteiger partial charge in [-0.05, 0) is 20.8 Å². The molecule has 1 amide bonds. The van der Waals surface area contributed by atoms with Crippen LogP contribution in [0.15, 0.2) is 11.3 Å². The van der Waals surface area contributed by atoms with Crippen LogP contribution in [0.25, 0.3) is 0 Å². The molecule has 5 nitrogen and oxygen atoms in total. The van der Waals surface area contributed by atoms with Gasteiger partial charge in [0.05, 0.1) is 18.2 Å². The summed E-state index contributed by atoms with van der Waals surface area (Å²) in [7, 11) is 0. The second-order valence-corrected chi connectivity index (χ2v) is 4.77. The third-order valence-electron chi connectivity index (χ3n) is 2.17. The lowest BCUT2D eigenvalue weighted by atomic mass is 10.1. The largest absolute Gasteiger partial charge is 0.444 e. The molecule has 1 aliphatic heterocycles. The molecule has 0 fully saturated rings. The number of hydrogen-bond donors (Lipinski definition) is 1. The van der Waals surface area contributed by atoms with E-state index in [1.807, 2.05) is 26.8 Å². The average molecular weight is 223 g/mol. The zero-order chi connectivity index (χ0) is 12.3. The van der Waals surface area contributed by atoms with Crippen LogP contribution < -0.4 is 5.73 Å². The maximum atomic E-state index is 11.7. The van der Waals surface area contributed by atoms with E-state index in [2.05, 4.69) is 0 Å². The predicted molar refractivity (Wildman–Crippen MR) is 59.3 cm³/mol. The van der Waals surface area contributed by atoms with Gasteiger partial charge >= 0.3 is 6.09 Å². The highest BCUT2D eigenvalue weighted by Crippen LogP contribution is 2.16. The van der Waals surface area contributed by atoms with Gasteiger partial charge in [-0.2, -0.15) is 5.26 Å². The first kappa shape index (κ1) is 12.4. The van der Waals surface area contributed by atoms with Gasteiger partial charge in [0.1, 0.15) is 5.60 Å². The van der Waals surface area contributed by atoms with Crippen molar-refractivity contribution >= 4 is 6.09 Å². The molecule has 0 bridgehead atoms. The number of nitrogens with zero attached hydrogens (tertiary/aromatic N) is 2. The zero-order valence-corrected chi connectivity index (χ0v) is 9.91. The molecule has 0 unspecified atom stereocenters. The summed E-state index contributed by atoms with van der Waals surface area (Å²) >= 11 is 0. The fourth-order valence-electron chi connectivity index (χ4n) is 1.37. The van der Waals surface area contributed by atoms with Crippen molar-refractivity contribution in [1.29, 1.82) is 5.26 Å². The number of rotatable bonds is 0. The molecule has 16 heavy (non-hydrogen) atoms. The van der Waals surface area contributed by atoms with E-state index in [4.69, 9.17) is 15.7 Å². The van der Waals surface area contributed by atoms with Crippen LogP contribution in [0.2, 0.25) is 0 Å². The number of nitriles is 1. The van der Waals surface area contributed by atoms with Crippen molar-refractivity contribution in [3.63, 3.8) is 0 Å². The molecular weight excluding hydrogens is 206 g/mol. The van der Waals surface area contributed by atoms with Gasteiger partial charge in [0.2, 0.25) is 0 Å². The van der Waals surface area contributed by atoms with E-state index in [-0.39, 0.29) is 6.54 Å². The molecule has 88 valence electrons. The molecule has 0 spiro atoms. The van der Waals surface area contributed by atoms with Crippen LogP contribution in [0, 0.1) is 11.3 Å². The lowest BCUT2D eigenvalue weighted by Gasteiger charge is -2.30. The lowest BCUT2D eigenvalue weighted by molar-refractivity contribution is 0.0262. The Bertz CT molecular complexity index is 360. The number of hydrogen-bond acceptors (Lipinski definition) is 4. The Morgan fingerprint density at radius 2 is 2.19 bits per heavy atom. The van der Waals surface area contributed by atoms with Gasteiger partial charge < -0.3 is 15.4 Å². The molecule has 5 heteroatoms. The second kappa shape index (κ2) is 4.44. The van der Waals surface area contributed by atoms with Gasteiger partial charge in [0.25, 0.3) is 0 Å². The van der Waals surface area contributed by atoms with Crippen LogP contribution >= 0.6 is 0 Å². The summed E-state index contributed by atoms with van der Waals surface area (Å²) in [5, 5.41) is 8.83. The minimum Gasteiger partial charge on any atom is -0.444 e. The first-order valence-electron chi connectivity index (χ1n) is 5.19. The summed E-state index contributed by atoms with van der Waals surface area (Å²) in [6, 6.07) is 2.01. The molecule has 1 rings (SSSR count). The summed E-state index contributed by atoms with van der Waals surface area (Å²) in [5.74, 6) is 0. The number of nitrogens with two attached hydrogens (primary N) is 1. The summed E-state index contributed by atoms with van der Waals surface area (Å²) in [4.78, 5) is 13.2. The molecule has 0 aliphatic carbocycles. The Labute approximate surface area is 95.5 Å². The Hall–Kier alpha value is -1.70. The van der Waals surface area contributed by atoms with E-state index < -0.39 is 11.7 Å². The summed E-state index contributed by atoms with van der Waals surface area (Å²) in [6.45, 7) is 6.18. The Morgan fingerprint density at radius 1 is 1.56 bits per heavy atom. The third-order valence-corrected chi connectivity index (χ3v) is 2.17. The molecule has 0 atom stereocenters. The van der Waals surface area contributed by atoms with Crippen LogP contribution in [0.5, 0.6) is 0 Å². The van der Waals surface area contributed by atoms with E-state index in [0.29, 0.717) is 24.2 Å². The van der Waals surface area contributed by atoms with E-state index >= 15 is 0 Å². The molecular formula is C11H17N3O2. The predicted octanol–water partition coefficient (Wildman–Crippen LogP) is 1.36. The van der Waals surface area contributed by atoms with Gasteiger partial charge in [-0.15, -0.1) is 0 Å². The first-order valence-corrected chi connectivity index (χ1v) is 5.19. The van der Waals surface area contributed by atoms with E-state index in [1.54, 1.807) is 0 Å². The molecule has 0 radical (unpaired) electrons. The van der Waals surface area contributed by atoms with Crippen LogP contribution in [0.4, 0.5) is 4.79 Å². The van der Waals surface area contributed by atoms with Gasteiger partial charge in [-0.3, -0.25) is 0 Å². The van der Waals surface area contributed by atoms with Crippen molar-refractivity contribution in [3.05, 3.63) is 11.3 Å². The van der Waals surface area contributed by atoms with E-state index in [1.165, 1.54) is 4.90 Å². The standard InChI is InChI=1S/C11H17N3O2/c1-11(2,3)16-10(15)14-5-4-9(13)8(6-12)7-14/h4-5,7,13H2,1-3H3. The fraction of sp³-hybridized carbons (Fsp3) is 0.636. The fourth-order valence-corrected chi connectivity index (χ4v) is 1.37. The summed E-state index contributed by atoms with van der Waals surface area (Å²) in [6.07, 6.45) is 0.134. The monoisotopic (exact) mass is 223 g/mol. The van der Waals surface area contributed by atoms with Crippen molar-refractivity contribution < 1.29 is 9.53 Å². The highest BCUT2D eigenvalue weighted by Gasteiger charge is 2.26. The van der Waals surface area contributed by atoms with Crippen LogP contribution in [-0.4, -0.2) is 29.7 Å². The normalized spacial score (nSPS) is 17.0. The van der Waals surface area contributed by atoms with Gasteiger partial charge in [0.15, 0.2) is 0 Å². The summed E-state index contributed by atoms with van der Waals surface area (Å²) < 4.78 is 5.22. The van der Waals surface area contributed by atoms with E-state index in [0.717, 1.165) is 0 Å². The second-order valence-electron chi connectivity index (χ2n) is 4.77. The molecule has 0 aromatic rings.